The SMILES string of the molecule is CC(CNCCC(N)=O)c1cccc(Br)c1. The normalized spacial score (nSPS) is 12.4. The molecule has 3 nitrogen and oxygen atoms in total. The molecule has 0 saturated heterocycles. The molecule has 1 unspecified atom stereocenters. The van der Waals surface area contributed by atoms with Crippen molar-refractivity contribution in [2.24, 2.45) is 5.73 Å². The van der Waals surface area contributed by atoms with E-state index >= 15 is 0 Å². The fourth-order valence-corrected chi connectivity index (χ4v) is 1.88. The lowest BCUT2D eigenvalue weighted by atomic mass is 10.0. The molecule has 16 heavy (non-hydrogen) atoms. The quantitative estimate of drug-likeness (QED) is 0.786. The van der Waals surface area contributed by atoms with Crippen LogP contribution in [0.5, 0.6) is 0 Å². The van der Waals surface area contributed by atoms with Gasteiger partial charge in [0, 0.05) is 24.0 Å². The minimum absolute atomic E-state index is 0.261. The maximum atomic E-state index is 10.5. The first kappa shape index (κ1) is 13.2. The van der Waals surface area contributed by atoms with E-state index < -0.39 is 0 Å². The van der Waals surface area contributed by atoms with Crippen molar-refractivity contribution in [3.63, 3.8) is 0 Å². The summed E-state index contributed by atoms with van der Waals surface area (Å²) in [5, 5.41) is 3.22. The molecule has 3 N–H and O–H groups in total. The van der Waals surface area contributed by atoms with E-state index in [1.54, 1.807) is 0 Å². The van der Waals surface area contributed by atoms with Crippen LogP contribution in [0.25, 0.3) is 0 Å². The smallest absolute Gasteiger partial charge is 0.218 e. The molecular weight excluding hydrogens is 268 g/mol. The molecule has 0 aliphatic heterocycles. The van der Waals surface area contributed by atoms with Gasteiger partial charge in [-0.15, -0.1) is 0 Å². The van der Waals surface area contributed by atoms with E-state index in [-0.39, 0.29) is 5.91 Å². The molecule has 0 aromatic heterocycles. The molecule has 0 aliphatic carbocycles. The number of amides is 1. The van der Waals surface area contributed by atoms with Gasteiger partial charge in [0.25, 0.3) is 0 Å². The summed E-state index contributed by atoms with van der Waals surface area (Å²) in [5.41, 5.74) is 6.33. The number of rotatable bonds is 6. The maximum absolute atomic E-state index is 10.5. The summed E-state index contributed by atoms with van der Waals surface area (Å²) < 4.78 is 1.09. The number of carbonyl (C=O) groups excluding carboxylic acids is 1. The van der Waals surface area contributed by atoms with Gasteiger partial charge in [-0.05, 0) is 23.6 Å². The predicted molar refractivity (Wildman–Crippen MR) is 69.2 cm³/mol. The van der Waals surface area contributed by atoms with E-state index in [9.17, 15) is 4.79 Å². The number of nitrogens with two attached hydrogens (primary N) is 1. The van der Waals surface area contributed by atoms with Crippen LogP contribution in [-0.4, -0.2) is 19.0 Å². The standard InChI is InChI=1S/C12H17BrN2O/c1-9(8-15-6-5-12(14)16)10-3-2-4-11(13)7-10/h2-4,7,9,15H,5-6,8H2,1H3,(H2,14,16). The predicted octanol–water partition coefficient (Wildman–Crippen LogP) is 2.02. The molecule has 0 bridgehead atoms. The van der Waals surface area contributed by atoms with Crippen molar-refractivity contribution >= 4 is 21.8 Å². The fraction of sp³-hybridized carbons (Fsp3) is 0.417. The first-order valence-corrected chi connectivity index (χ1v) is 6.13. The van der Waals surface area contributed by atoms with Gasteiger partial charge in [-0.3, -0.25) is 4.79 Å². The Morgan fingerprint density at radius 2 is 2.31 bits per heavy atom. The second-order valence-corrected chi connectivity index (χ2v) is 4.79. The Morgan fingerprint density at radius 3 is 2.94 bits per heavy atom. The third-order valence-electron chi connectivity index (χ3n) is 2.42. The van der Waals surface area contributed by atoms with Gasteiger partial charge in [-0.1, -0.05) is 35.0 Å². The molecule has 0 heterocycles. The lowest BCUT2D eigenvalue weighted by Crippen LogP contribution is -2.25. The van der Waals surface area contributed by atoms with Crippen LogP contribution >= 0.6 is 15.9 Å². The molecule has 1 amide bonds. The van der Waals surface area contributed by atoms with E-state index in [1.165, 1.54) is 5.56 Å². The minimum Gasteiger partial charge on any atom is -0.370 e. The highest BCUT2D eigenvalue weighted by atomic mass is 79.9. The monoisotopic (exact) mass is 284 g/mol. The lowest BCUT2D eigenvalue weighted by molar-refractivity contribution is -0.117. The lowest BCUT2D eigenvalue weighted by Gasteiger charge is -2.12. The number of nitrogens with one attached hydrogen (secondary N) is 1. The van der Waals surface area contributed by atoms with Gasteiger partial charge in [0.05, 0.1) is 0 Å². The molecule has 0 aliphatic rings. The Bertz CT molecular complexity index is 355. The molecule has 88 valence electrons. The van der Waals surface area contributed by atoms with Crippen molar-refractivity contribution in [1.82, 2.24) is 5.32 Å². The molecule has 1 atom stereocenters. The Morgan fingerprint density at radius 1 is 1.56 bits per heavy atom. The Hall–Kier alpha value is -0.870. The van der Waals surface area contributed by atoms with Crippen molar-refractivity contribution in [1.29, 1.82) is 0 Å². The topological polar surface area (TPSA) is 55.1 Å². The number of hydrogen-bond donors (Lipinski definition) is 2. The Balaban J connectivity index is 2.35. The maximum Gasteiger partial charge on any atom is 0.218 e. The van der Waals surface area contributed by atoms with E-state index in [0.717, 1.165) is 11.0 Å². The van der Waals surface area contributed by atoms with Crippen LogP contribution in [0, 0.1) is 0 Å². The molecule has 0 saturated carbocycles. The van der Waals surface area contributed by atoms with Crippen molar-refractivity contribution < 1.29 is 4.79 Å². The number of hydrogen-bond acceptors (Lipinski definition) is 2. The summed E-state index contributed by atoms with van der Waals surface area (Å²) in [6, 6.07) is 8.25. The van der Waals surface area contributed by atoms with Crippen molar-refractivity contribution in [3.8, 4) is 0 Å². The zero-order valence-electron chi connectivity index (χ0n) is 9.37. The highest BCUT2D eigenvalue weighted by Gasteiger charge is 2.05. The van der Waals surface area contributed by atoms with E-state index in [4.69, 9.17) is 5.73 Å². The van der Waals surface area contributed by atoms with Crippen LogP contribution in [0.3, 0.4) is 0 Å². The zero-order valence-corrected chi connectivity index (χ0v) is 11.0. The molecule has 0 radical (unpaired) electrons. The molecule has 1 aromatic rings. The number of primary amides is 1. The zero-order chi connectivity index (χ0) is 12.0. The van der Waals surface area contributed by atoms with Crippen LogP contribution in [0.15, 0.2) is 28.7 Å². The fourth-order valence-electron chi connectivity index (χ4n) is 1.46. The van der Waals surface area contributed by atoms with Gasteiger partial charge >= 0.3 is 0 Å². The van der Waals surface area contributed by atoms with Crippen molar-refractivity contribution in [2.45, 2.75) is 19.3 Å². The van der Waals surface area contributed by atoms with E-state index in [2.05, 4.69) is 40.3 Å². The van der Waals surface area contributed by atoms with Crippen LogP contribution in [0.2, 0.25) is 0 Å². The van der Waals surface area contributed by atoms with Crippen LogP contribution in [0.4, 0.5) is 0 Å². The summed E-state index contributed by atoms with van der Waals surface area (Å²) in [6.07, 6.45) is 0.394. The molecule has 0 fully saturated rings. The largest absolute Gasteiger partial charge is 0.370 e. The van der Waals surface area contributed by atoms with Crippen LogP contribution < -0.4 is 11.1 Å². The Kier molecular flexibility index (Phi) is 5.49. The number of carbonyl (C=O) groups is 1. The van der Waals surface area contributed by atoms with Gasteiger partial charge in [0.15, 0.2) is 0 Å². The third-order valence-corrected chi connectivity index (χ3v) is 2.91. The molecule has 0 spiro atoms. The summed E-state index contributed by atoms with van der Waals surface area (Å²) in [5.74, 6) is 0.160. The highest BCUT2D eigenvalue weighted by Crippen LogP contribution is 2.18. The summed E-state index contributed by atoms with van der Waals surface area (Å²) in [6.45, 7) is 3.65. The van der Waals surface area contributed by atoms with Crippen LogP contribution in [0.1, 0.15) is 24.8 Å². The van der Waals surface area contributed by atoms with Gasteiger partial charge < -0.3 is 11.1 Å². The molecule has 1 aromatic carbocycles. The average molecular weight is 285 g/mol. The molecular formula is C12H17BrN2O. The number of benzene rings is 1. The summed E-state index contributed by atoms with van der Waals surface area (Å²) in [7, 11) is 0. The van der Waals surface area contributed by atoms with Crippen molar-refractivity contribution in [2.75, 3.05) is 13.1 Å². The third kappa shape index (κ3) is 4.77. The molecule has 1 rings (SSSR count). The van der Waals surface area contributed by atoms with E-state index in [1.807, 2.05) is 12.1 Å². The second-order valence-electron chi connectivity index (χ2n) is 3.88. The highest BCUT2D eigenvalue weighted by molar-refractivity contribution is 9.10. The Labute approximate surface area is 105 Å². The molecule has 4 heteroatoms. The van der Waals surface area contributed by atoms with Gasteiger partial charge in [-0.25, -0.2) is 0 Å². The van der Waals surface area contributed by atoms with E-state index in [0.29, 0.717) is 18.9 Å². The van der Waals surface area contributed by atoms with Gasteiger partial charge in [0.2, 0.25) is 5.91 Å². The summed E-state index contributed by atoms with van der Waals surface area (Å²) in [4.78, 5) is 10.5. The minimum atomic E-state index is -0.261. The van der Waals surface area contributed by atoms with Gasteiger partial charge in [0.1, 0.15) is 0 Å². The summed E-state index contributed by atoms with van der Waals surface area (Å²) >= 11 is 3.45. The first-order chi connectivity index (χ1) is 7.59. The van der Waals surface area contributed by atoms with Crippen LogP contribution in [-0.2, 0) is 4.79 Å². The van der Waals surface area contributed by atoms with Gasteiger partial charge in [-0.2, -0.15) is 0 Å². The average Bonchev–Trinajstić information content (AvgIpc) is 2.24. The number of halogens is 1. The first-order valence-electron chi connectivity index (χ1n) is 5.34. The van der Waals surface area contributed by atoms with Crippen molar-refractivity contribution in [3.05, 3.63) is 34.3 Å². The second kappa shape index (κ2) is 6.66.